The molecule has 1 saturated carbocycles. The summed E-state index contributed by atoms with van der Waals surface area (Å²) in [5, 5.41) is 14.9. The number of halogens is 1. The highest BCUT2D eigenvalue weighted by Gasteiger charge is 2.27. The Kier molecular flexibility index (Phi) is 3.72. The summed E-state index contributed by atoms with van der Waals surface area (Å²) in [5.41, 5.74) is 1.90. The molecule has 1 aromatic carbocycles. The van der Waals surface area contributed by atoms with Crippen LogP contribution in [0.15, 0.2) is 35.4 Å². The highest BCUT2D eigenvalue weighted by atomic mass is 35.5. The number of carboxylic acids is 1. The van der Waals surface area contributed by atoms with E-state index in [9.17, 15) is 4.79 Å². The van der Waals surface area contributed by atoms with Crippen LogP contribution in [0.2, 0.25) is 5.02 Å². The number of aliphatic carboxylic acids is 1. The van der Waals surface area contributed by atoms with Gasteiger partial charge in [0, 0.05) is 10.9 Å². The lowest BCUT2D eigenvalue weighted by molar-refractivity contribution is -0.133. The van der Waals surface area contributed by atoms with Crippen molar-refractivity contribution in [2.45, 2.75) is 23.8 Å². The zero-order valence-corrected chi connectivity index (χ0v) is 12.2. The number of hydrogen-bond donors (Lipinski definition) is 1. The molecule has 0 radical (unpaired) electrons. The van der Waals surface area contributed by atoms with Crippen molar-refractivity contribution >= 4 is 29.3 Å². The summed E-state index contributed by atoms with van der Waals surface area (Å²) < 4.78 is 1.78. The van der Waals surface area contributed by atoms with Gasteiger partial charge in [-0.05, 0) is 37.1 Å². The molecule has 2 aromatic rings. The second-order valence-corrected chi connectivity index (χ2v) is 6.19. The molecule has 1 N–H and O–H groups in total. The number of rotatable bonds is 5. The van der Waals surface area contributed by atoms with Gasteiger partial charge in [0.25, 0.3) is 0 Å². The van der Waals surface area contributed by atoms with E-state index < -0.39 is 5.97 Å². The minimum atomic E-state index is -0.832. The van der Waals surface area contributed by atoms with Gasteiger partial charge in [0.2, 0.25) is 0 Å². The predicted molar refractivity (Wildman–Crippen MR) is 78.9 cm³/mol. The molecule has 104 valence electrons. The molecule has 20 heavy (non-hydrogen) atoms. The van der Waals surface area contributed by atoms with Crippen molar-refractivity contribution in [3.63, 3.8) is 0 Å². The van der Waals surface area contributed by atoms with Crippen LogP contribution in [0.3, 0.4) is 0 Å². The Bertz CT molecular complexity index is 652. The summed E-state index contributed by atoms with van der Waals surface area (Å²) in [6.07, 6.45) is 2.32. The summed E-state index contributed by atoms with van der Waals surface area (Å²) in [4.78, 5) is 10.8. The third-order valence-corrected chi connectivity index (χ3v) is 4.30. The van der Waals surface area contributed by atoms with Crippen LogP contribution in [0.5, 0.6) is 0 Å². The molecule has 0 amide bonds. The lowest BCUT2D eigenvalue weighted by Gasteiger charge is -2.06. The van der Waals surface area contributed by atoms with E-state index in [1.807, 2.05) is 24.3 Å². The van der Waals surface area contributed by atoms with E-state index in [2.05, 4.69) is 5.10 Å². The lowest BCUT2D eigenvalue weighted by atomic mass is 10.3. The van der Waals surface area contributed by atoms with Gasteiger partial charge in [-0.3, -0.25) is 4.79 Å². The third-order valence-electron chi connectivity index (χ3n) is 3.09. The van der Waals surface area contributed by atoms with Crippen LogP contribution in [0, 0.1) is 0 Å². The Labute approximate surface area is 125 Å². The van der Waals surface area contributed by atoms with Crippen LogP contribution in [0.25, 0.3) is 5.69 Å². The molecule has 3 rings (SSSR count). The summed E-state index contributed by atoms with van der Waals surface area (Å²) in [6, 6.07) is 9.41. The average Bonchev–Trinajstić information content (AvgIpc) is 3.17. The van der Waals surface area contributed by atoms with Crippen LogP contribution in [0.4, 0.5) is 0 Å². The number of carboxylic acid groups (broad SMARTS) is 1. The smallest absolute Gasteiger partial charge is 0.313 e. The van der Waals surface area contributed by atoms with Gasteiger partial charge in [-0.15, -0.1) is 0 Å². The maximum absolute atomic E-state index is 10.8. The van der Waals surface area contributed by atoms with Crippen LogP contribution in [-0.4, -0.2) is 26.6 Å². The zero-order chi connectivity index (χ0) is 14.1. The van der Waals surface area contributed by atoms with Crippen molar-refractivity contribution in [2.75, 3.05) is 5.75 Å². The SMILES string of the molecule is O=C(O)CSc1cc(C2CC2)nn1-c1cccc(Cl)c1. The molecule has 0 saturated heterocycles. The molecule has 1 aliphatic rings. The summed E-state index contributed by atoms with van der Waals surface area (Å²) in [6.45, 7) is 0. The standard InChI is InChI=1S/C14H13ClN2O2S/c15-10-2-1-3-11(6-10)17-13(20-8-14(18)19)7-12(16-17)9-4-5-9/h1-3,6-7,9H,4-5,8H2,(H,18,19). The molecule has 6 heteroatoms. The van der Waals surface area contributed by atoms with Crippen molar-refractivity contribution in [1.29, 1.82) is 0 Å². The van der Waals surface area contributed by atoms with Gasteiger partial charge >= 0.3 is 5.97 Å². The molecule has 0 bridgehead atoms. The maximum Gasteiger partial charge on any atom is 0.313 e. The van der Waals surface area contributed by atoms with Crippen molar-refractivity contribution in [3.8, 4) is 5.69 Å². The Morgan fingerprint density at radius 3 is 2.90 bits per heavy atom. The number of hydrogen-bond acceptors (Lipinski definition) is 3. The van der Waals surface area contributed by atoms with Gasteiger partial charge in [-0.1, -0.05) is 29.4 Å². The number of nitrogens with zero attached hydrogens (tertiary/aromatic N) is 2. The summed E-state index contributed by atoms with van der Waals surface area (Å²) in [5.74, 6) is -0.280. The van der Waals surface area contributed by atoms with Crippen molar-refractivity contribution in [1.82, 2.24) is 9.78 Å². The van der Waals surface area contributed by atoms with E-state index in [1.165, 1.54) is 11.8 Å². The van der Waals surface area contributed by atoms with E-state index in [0.29, 0.717) is 10.9 Å². The van der Waals surface area contributed by atoms with Crippen LogP contribution >= 0.6 is 23.4 Å². The highest BCUT2D eigenvalue weighted by molar-refractivity contribution is 7.99. The Morgan fingerprint density at radius 1 is 1.45 bits per heavy atom. The molecule has 0 unspecified atom stereocenters. The van der Waals surface area contributed by atoms with Gasteiger partial charge in [-0.2, -0.15) is 5.10 Å². The quantitative estimate of drug-likeness (QED) is 0.858. The Balaban J connectivity index is 1.96. The first-order chi connectivity index (χ1) is 9.63. The molecule has 1 aromatic heterocycles. The Hall–Kier alpha value is -1.46. The molecule has 0 atom stereocenters. The fraction of sp³-hybridized carbons (Fsp3) is 0.286. The van der Waals surface area contributed by atoms with Crippen LogP contribution < -0.4 is 0 Å². The number of thioether (sulfide) groups is 1. The molecular formula is C14H13ClN2O2S. The molecular weight excluding hydrogens is 296 g/mol. The molecule has 1 heterocycles. The molecule has 1 fully saturated rings. The van der Waals surface area contributed by atoms with Gasteiger partial charge in [0.1, 0.15) is 5.03 Å². The second kappa shape index (κ2) is 5.50. The van der Waals surface area contributed by atoms with E-state index in [1.54, 1.807) is 10.7 Å². The lowest BCUT2D eigenvalue weighted by Crippen LogP contribution is -2.02. The van der Waals surface area contributed by atoms with Crippen molar-refractivity contribution < 1.29 is 9.90 Å². The highest BCUT2D eigenvalue weighted by Crippen LogP contribution is 2.41. The van der Waals surface area contributed by atoms with E-state index in [4.69, 9.17) is 16.7 Å². The van der Waals surface area contributed by atoms with Crippen LogP contribution in [-0.2, 0) is 4.79 Å². The Morgan fingerprint density at radius 2 is 2.25 bits per heavy atom. The fourth-order valence-corrected chi connectivity index (χ4v) is 2.92. The van der Waals surface area contributed by atoms with Gasteiger partial charge in [0.05, 0.1) is 17.1 Å². The topological polar surface area (TPSA) is 55.1 Å². The number of carbonyl (C=O) groups is 1. The third kappa shape index (κ3) is 2.99. The first-order valence-electron chi connectivity index (χ1n) is 6.34. The van der Waals surface area contributed by atoms with E-state index in [-0.39, 0.29) is 5.75 Å². The zero-order valence-electron chi connectivity index (χ0n) is 10.6. The normalized spacial score (nSPS) is 14.4. The van der Waals surface area contributed by atoms with Gasteiger partial charge in [-0.25, -0.2) is 4.68 Å². The van der Waals surface area contributed by atoms with Crippen molar-refractivity contribution in [3.05, 3.63) is 41.0 Å². The first kappa shape index (κ1) is 13.5. The van der Waals surface area contributed by atoms with Crippen LogP contribution in [0.1, 0.15) is 24.5 Å². The summed E-state index contributed by atoms with van der Waals surface area (Å²) in [7, 11) is 0. The van der Waals surface area contributed by atoms with E-state index in [0.717, 1.165) is 29.2 Å². The average molecular weight is 309 g/mol. The van der Waals surface area contributed by atoms with Gasteiger partial charge in [0.15, 0.2) is 0 Å². The second-order valence-electron chi connectivity index (χ2n) is 4.76. The number of aromatic nitrogens is 2. The maximum atomic E-state index is 10.8. The molecule has 4 nitrogen and oxygen atoms in total. The molecule has 0 aliphatic heterocycles. The minimum Gasteiger partial charge on any atom is -0.481 e. The predicted octanol–water partition coefficient (Wildman–Crippen LogP) is 3.58. The van der Waals surface area contributed by atoms with Gasteiger partial charge < -0.3 is 5.11 Å². The largest absolute Gasteiger partial charge is 0.481 e. The monoisotopic (exact) mass is 308 g/mol. The number of benzene rings is 1. The molecule has 0 spiro atoms. The minimum absolute atomic E-state index is 0.0242. The fourth-order valence-electron chi connectivity index (χ4n) is 1.99. The van der Waals surface area contributed by atoms with E-state index >= 15 is 0 Å². The summed E-state index contributed by atoms with van der Waals surface area (Å²) >= 11 is 7.29. The van der Waals surface area contributed by atoms with Crippen molar-refractivity contribution in [2.24, 2.45) is 0 Å². The molecule has 1 aliphatic carbocycles. The first-order valence-corrected chi connectivity index (χ1v) is 7.70.